The molecule has 0 aromatic heterocycles. The van der Waals surface area contributed by atoms with E-state index in [1.165, 1.54) is 24.1 Å². The predicted octanol–water partition coefficient (Wildman–Crippen LogP) is 2.82. The molecule has 3 aromatic carbocycles. The number of anilines is 1. The van der Waals surface area contributed by atoms with Crippen LogP contribution in [0.25, 0.3) is 0 Å². The lowest BCUT2D eigenvalue weighted by molar-refractivity contribution is -0.128. The summed E-state index contributed by atoms with van der Waals surface area (Å²) in [5.41, 5.74) is 1.41. The van der Waals surface area contributed by atoms with Gasteiger partial charge >= 0.3 is 0 Å². The summed E-state index contributed by atoms with van der Waals surface area (Å²) < 4.78 is 38.4. The van der Waals surface area contributed by atoms with E-state index in [4.69, 9.17) is 9.47 Å². The van der Waals surface area contributed by atoms with Crippen molar-refractivity contribution in [2.24, 2.45) is 0 Å². The third kappa shape index (κ3) is 6.10. The van der Waals surface area contributed by atoms with E-state index in [0.29, 0.717) is 30.3 Å². The van der Waals surface area contributed by atoms with Crippen LogP contribution in [0.2, 0.25) is 0 Å². The van der Waals surface area contributed by atoms with Gasteiger partial charge in [0.05, 0.1) is 30.3 Å². The van der Waals surface area contributed by atoms with Crippen LogP contribution in [0.5, 0.6) is 11.5 Å². The van der Waals surface area contributed by atoms with Crippen LogP contribution in [-0.4, -0.2) is 57.4 Å². The Balaban J connectivity index is 1.47. The molecule has 0 unspecified atom stereocenters. The Bertz CT molecular complexity index is 1350. The number of nitrogens with one attached hydrogen (secondary N) is 1. The van der Waals surface area contributed by atoms with Gasteiger partial charge in [-0.05, 0) is 48.9 Å². The molecule has 37 heavy (non-hydrogen) atoms. The zero-order chi connectivity index (χ0) is 26.4. The van der Waals surface area contributed by atoms with Gasteiger partial charge in [-0.15, -0.1) is 0 Å². The lowest BCUT2D eigenvalue weighted by Crippen LogP contribution is -2.52. The maximum absolute atomic E-state index is 13.3. The second-order valence-electron chi connectivity index (χ2n) is 8.45. The molecule has 0 radical (unpaired) electrons. The predicted molar refractivity (Wildman–Crippen MR) is 139 cm³/mol. The number of hydrogen-bond acceptors (Lipinski definition) is 6. The van der Waals surface area contributed by atoms with Crippen LogP contribution in [0.4, 0.5) is 5.69 Å². The molecule has 4 rings (SSSR count). The molecule has 0 bridgehead atoms. The van der Waals surface area contributed by atoms with Crippen molar-refractivity contribution in [2.75, 3.05) is 31.6 Å². The molecule has 1 heterocycles. The van der Waals surface area contributed by atoms with Gasteiger partial charge in [-0.3, -0.25) is 9.59 Å². The van der Waals surface area contributed by atoms with E-state index in [-0.39, 0.29) is 17.3 Å². The molecule has 0 saturated heterocycles. The van der Waals surface area contributed by atoms with E-state index in [1.807, 2.05) is 37.3 Å². The lowest BCUT2D eigenvalue weighted by Gasteiger charge is -2.35. The molecule has 0 fully saturated rings. The smallest absolute Gasteiger partial charge is 0.263 e. The van der Waals surface area contributed by atoms with Gasteiger partial charge in [0, 0.05) is 13.6 Å². The SMILES string of the molecule is CCOc1ccc(S(=O)(=O)N(C)CC(=O)N2C[C@@H](C(=O)NCc3ccccc3)Oc3ccccc32)cc1. The summed E-state index contributed by atoms with van der Waals surface area (Å²) in [6.07, 6.45) is -0.949. The molecule has 194 valence electrons. The number of fused-ring (bicyclic) bond motifs is 1. The van der Waals surface area contributed by atoms with Crippen LogP contribution >= 0.6 is 0 Å². The third-order valence-corrected chi connectivity index (χ3v) is 7.70. The van der Waals surface area contributed by atoms with E-state index in [1.54, 1.807) is 36.4 Å². The van der Waals surface area contributed by atoms with E-state index in [0.717, 1.165) is 9.87 Å². The number of likely N-dealkylation sites (N-methyl/N-ethyl adjacent to an activating group) is 1. The summed E-state index contributed by atoms with van der Waals surface area (Å²) in [6.45, 7) is 2.16. The molecule has 1 aliphatic rings. The van der Waals surface area contributed by atoms with E-state index in [9.17, 15) is 18.0 Å². The first-order chi connectivity index (χ1) is 17.8. The van der Waals surface area contributed by atoms with Crippen LogP contribution < -0.4 is 19.7 Å². The topological polar surface area (TPSA) is 105 Å². The molecule has 2 amide bonds. The van der Waals surface area contributed by atoms with Gasteiger partial charge in [-0.1, -0.05) is 42.5 Å². The summed E-state index contributed by atoms with van der Waals surface area (Å²) in [5.74, 6) is 0.0841. The highest BCUT2D eigenvalue weighted by atomic mass is 32.2. The molecular weight excluding hydrogens is 494 g/mol. The minimum Gasteiger partial charge on any atom is -0.494 e. The third-order valence-electron chi connectivity index (χ3n) is 5.88. The van der Waals surface area contributed by atoms with Crippen LogP contribution in [0.15, 0.2) is 83.8 Å². The zero-order valence-electron chi connectivity index (χ0n) is 20.7. The lowest BCUT2D eigenvalue weighted by atomic mass is 10.1. The first-order valence-electron chi connectivity index (χ1n) is 11.9. The highest BCUT2D eigenvalue weighted by Gasteiger charge is 2.35. The number of ether oxygens (including phenoxy) is 2. The number of carbonyl (C=O) groups is 2. The van der Waals surface area contributed by atoms with Crippen LogP contribution in [-0.2, 0) is 26.2 Å². The summed E-state index contributed by atoms with van der Waals surface area (Å²) in [5, 5.41) is 2.84. The molecule has 10 heteroatoms. The summed E-state index contributed by atoms with van der Waals surface area (Å²) in [6, 6.07) is 22.3. The number of hydrogen-bond donors (Lipinski definition) is 1. The van der Waals surface area contributed by atoms with Crippen molar-refractivity contribution in [3.8, 4) is 11.5 Å². The minimum atomic E-state index is -3.93. The Labute approximate surface area is 216 Å². The quantitative estimate of drug-likeness (QED) is 0.463. The van der Waals surface area contributed by atoms with Crippen molar-refractivity contribution in [3.63, 3.8) is 0 Å². The molecule has 1 N–H and O–H groups in total. The van der Waals surface area contributed by atoms with Gasteiger partial charge < -0.3 is 19.7 Å². The van der Waals surface area contributed by atoms with Gasteiger partial charge in [0.1, 0.15) is 11.5 Å². The Morgan fingerprint density at radius 2 is 1.70 bits per heavy atom. The molecule has 3 aromatic rings. The molecule has 1 atom stereocenters. The number of rotatable bonds is 9. The number of carbonyl (C=O) groups excluding carboxylic acids is 2. The number of benzene rings is 3. The van der Waals surface area contributed by atoms with Crippen LogP contribution in [0.1, 0.15) is 12.5 Å². The normalized spacial score (nSPS) is 15.0. The number of sulfonamides is 1. The van der Waals surface area contributed by atoms with Crippen LogP contribution in [0.3, 0.4) is 0 Å². The summed E-state index contributed by atoms with van der Waals surface area (Å²) in [4.78, 5) is 27.7. The number of para-hydroxylation sites is 2. The molecule has 0 spiro atoms. The van der Waals surface area contributed by atoms with E-state index >= 15 is 0 Å². The van der Waals surface area contributed by atoms with Gasteiger partial charge in [0.15, 0.2) is 6.10 Å². The maximum Gasteiger partial charge on any atom is 0.263 e. The van der Waals surface area contributed by atoms with Crippen molar-refractivity contribution in [2.45, 2.75) is 24.5 Å². The average molecular weight is 524 g/mol. The van der Waals surface area contributed by atoms with Crippen molar-refractivity contribution in [1.29, 1.82) is 0 Å². The maximum atomic E-state index is 13.3. The Kier molecular flexibility index (Phi) is 8.10. The second kappa shape index (κ2) is 11.4. The number of nitrogens with zero attached hydrogens (tertiary/aromatic N) is 2. The molecule has 9 nitrogen and oxygen atoms in total. The van der Waals surface area contributed by atoms with Gasteiger partial charge in [-0.2, -0.15) is 4.31 Å². The largest absolute Gasteiger partial charge is 0.494 e. The first kappa shape index (κ1) is 26.2. The summed E-state index contributed by atoms with van der Waals surface area (Å²) >= 11 is 0. The van der Waals surface area contributed by atoms with Crippen molar-refractivity contribution in [3.05, 3.63) is 84.4 Å². The zero-order valence-corrected chi connectivity index (χ0v) is 21.5. The highest BCUT2D eigenvalue weighted by Crippen LogP contribution is 2.33. The highest BCUT2D eigenvalue weighted by molar-refractivity contribution is 7.89. The monoisotopic (exact) mass is 523 g/mol. The van der Waals surface area contributed by atoms with Crippen molar-refractivity contribution >= 4 is 27.5 Å². The first-order valence-corrected chi connectivity index (χ1v) is 13.3. The van der Waals surface area contributed by atoms with Crippen molar-refractivity contribution in [1.82, 2.24) is 9.62 Å². The molecule has 0 aliphatic carbocycles. The minimum absolute atomic E-state index is 0.0480. The van der Waals surface area contributed by atoms with Gasteiger partial charge in [0.2, 0.25) is 15.9 Å². The summed E-state index contributed by atoms with van der Waals surface area (Å²) in [7, 11) is -2.58. The van der Waals surface area contributed by atoms with Gasteiger partial charge in [0.25, 0.3) is 5.91 Å². The fraction of sp³-hybridized carbons (Fsp3) is 0.259. The fourth-order valence-corrected chi connectivity index (χ4v) is 5.04. The standard InChI is InChI=1S/C27H29N3O6S/c1-3-35-21-13-15-22(16-14-21)37(33,34)29(2)19-26(31)30-18-25(36-24-12-8-7-11-23(24)30)27(32)28-17-20-9-5-4-6-10-20/h4-16,25H,3,17-19H2,1-2H3,(H,28,32)/t25-/m0/s1. The molecular formula is C27H29N3O6S. The van der Waals surface area contributed by atoms with E-state index in [2.05, 4.69) is 5.32 Å². The van der Waals surface area contributed by atoms with Crippen molar-refractivity contribution < 1.29 is 27.5 Å². The van der Waals surface area contributed by atoms with E-state index < -0.39 is 28.6 Å². The Morgan fingerprint density at radius 1 is 1.03 bits per heavy atom. The second-order valence-corrected chi connectivity index (χ2v) is 10.5. The van der Waals surface area contributed by atoms with Gasteiger partial charge in [-0.25, -0.2) is 8.42 Å². The Morgan fingerprint density at radius 3 is 2.41 bits per heavy atom. The Hall–Kier alpha value is -3.89. The molecule has 0 saturated carbocycles. The van der Waals surface area contributed by atoms with Crippen LogP contribution in [0, 0.1) is 0 Å². The number of amides is 2. The fourth-order valence-electron chi connectivity index (χ4n) is 3.92. The average Bonchev–Trinajstić information content (AvgIpc) is 2.92. The molecule has 1 aliphatic heterocycles.